The average molecular weight is 362 g/mol. The first-order valence-corrected chi connectivity index (χ1v) is 9.28. The minimum Gasteiger partial charge on any atom is -0.347 e. The Labute approximate surface area is 155 Å². The molecular weight excluding hydrogens is 344 g/mol. The summed E-state index contributed by atoms with van der Waals surface area (Å²) < 4.78 is 2.11. The topological polar surface area (TPSA) is 59.8 Å². The number of anilines is 1. The Morgan fingerprint density at radius 1 is 1.27 bits per heavy atom. The van der Waals surface area contributed by atoms with Crippen LogP contribution in [0.5, 0.6) is 0 Å². The van der Waals surface area contributed by atoms with E-state index in [-0.39, 0.29) is 5.91 Å². The van der Waals surface area contributed by atoms with Crippen molar-refractivity contribution >= 4 is 33.3 Å². The lowest BCUT2D eigenvalue weighted by Gasteiger charge is -2.06. The van der Waals surface area contributed by atoms with Gasteiger partial charge in [-0.1, -0.05) is 11.6 Å². The SMILES string of the molecule is Cc1ccc2c(ccn2CCC(=O)Nc2nc(-c3cccnc3)cs2)c1. The Morgan fingerprint density at radius 2 is 2.19 bits per heavy atom. The highest BCUT2D eigenvalue weighted by Gasteiger charge is 2.09. The van der Waals surface area contributed by atoms with Crippen LogP contribution in [0.15, 0.2) is 60.4 Å². The average Bonchev–Trinajstić information content (AvgIpc) is 3.27. The van der Waals surface area contributed by atoms with Crippen LogP contribution in [-0.2, 0) is 11.3 Å². The zero-order valence-electron chi connectivity index (χ0n) is 14.3. The number of nitrogens with one attached hydrogen (secondary N) is 1. The van der Waals surface area contributed by atoms with Crippen molar-refractivity contribution in [1.82, 2.24) is 14.5 Å². The van der Waals surface area contributed by atoms with E-state index in [9.17, 15) is 4.79 Å². The molecule has 1 amide bonds. The third kappa shape index (κ3) is 3.50. The number of hydrogen-bond donors (Lipinski definition) is 1. The van der Waals surface area contributed by atoms with Crippen molar-refractivity contribution in [2.24, 2.45) is 0 Å². The van der Waals surface area contributed by atoms with Crippen molar-refractivity contribution in [2.45, 2.75) is 19.9 Å². The van der Waals surface area contributed by atoms with Crippen LogP contribution in [0.1, 0.15) is 12.0 Å². The fourth-order valence-electron chi connectivity index (χ4n) is 2.90. The number of aryl methyl sites for hydroxylation is 2. The van der Waals surface area contributed by atoms with E-state index in [0.717, 1.165) is 16.8 Å². The van der Waals surface area contributed by atoms with Gasteiger partial charge >= 0.3 is 0 Å². The molecule has 0 aliphatic heterocycles. The van der Waals surface area contributed by atoms with Crippen molar-refractivity contribution in [1.29, 1.82) is 0 Å². The number of hydrogen-bond acceptors (Lipinski definition) is 4. The minimum atomic E-state index is -0.0361. The molecule has 130 valence electrons. The van der Waals surface area contributed by atoms with Crippen molar-refractivity contribution < 1.29 is 4.79 Å². The first kappa shape index (κ1) is 16.5. The fourth-order valence-corrected chi connectivity index (χ4v) is 3.63. The summed E-state index contributed by atoms with van der Waals surface area (Å²) in [7, 11) is 0. The van der Waals surface area contributed by atoms with E-state index in [2.05, 4.69) is 51.0 Å². The maximum atomic E-state index is 12.3. The second kappa shape index (κ2) is 7.09. The fraction of sp³-hybridized carbons (Fsp3) is 0.150. The van der Waals surface area contributed by atoms with Crippen LogP contribution in [0, 0.1) is 6.92 Å². The summed E-state index contributed by atoms with van der Waals surface area (Å²) in [5.41, 5.74) is 4.15. The highest BCUT2D eigenvalue weighted by Crippen LogP contribution is 2.24. The molecule has 0 aliphatic carbocycles. The van der Waals surface area contributed by atoms with Crippen molar-refractivity contribution in [3.8, 4) is 11.3 Å². The smallest absolute Gasteiger partial charge is 0.227 e. The summed E-state index contributed by atoms with van der Waals surface area (Å²) in [6, 6.07) is 12.3. The number of amides is 1. The van der Waals surface area contributed by atoms with Gasteiger partial charge in [0.15, 0.2) is 5.13 Å². The zero-order chi connectivity index (χ0) is 17.9. The van der Waals surface area contributed by atoms with Crippen LogP contribution >= 0.6 is 11.3 Å². The second-order valence-electron chi connectivity index (χ2n) is 6.15. The van der Waals surface area contributed by atoms with E-state index in [1.807, 2.05) is 23.7 Å². The van der Waals surface area contributed by atoms with E-state index in [1.54, 1.807) is 12.4 Å². The summed E-state index contributed by atoms with van der Waals surface area (Å²) >= 11 is 1.42. The molecule has 3 heterocycles. The Bertz CT molecular complexity index is 1050. The van der Waals surface area contributed by atoms with Gasteiger partial charge in [0.2, 0.25) is 5.91 Å². The summed E-state index contributed by atoms with van der Waals surface area (Å²) in [4.78, 5) is 20.8. The number of thiazole rings is 1. The van der Waals surface area contributed by atoms with Gasteiger partial charge in [0.25, 0.3) is 0 Å². The molecule has 0 unspecified atom stereocenters. The molecule has 0 fully saturated rings. The number of carbonyl (C=O) groups is 1. The maximum Gasteiger partial charge on any atom is 0.227 e. The number of aromatic nitrogens is 3. The highest BCUT2D eigenvalue weighted by molar-refractivity contribution is 7.14. The molecule has 0 aliphatic rings. The number of rotatable bonds is 5. The molecule has 0 atom stereocenters. The Hall–Kier alpha value is -2.99. The molecule has 0 bridgehead atoms. The van der Waals surface area contributed by atoms with Crippen LogP contribution < -0.4 is 5.32 Å². The third-order valence-corrected chi connectivity index (χ3v) is 4.97. The number of benzene rings is 1. The number of carbonyl (C=O) groups excluding carboxylic acids is 1. The van der Waals surface area contributed by atoms with Gasteiger partial charge in [0.1, 0.15) is 0 Å². The number of pyridine rings is 1. The van der Waals surface area contributed by atoms with Gasteiger partial charge in [-0.2, -0.15) is 0 Å². The maximum absolute atomic E-state index is 12.3. The molecule has 0 saturated carbocycles. The predicted octanol–water partition coefficient (Wildman–Crippen LogP) is 4.50. The number of nitrogens with zero attached hydrogens (tertiary/aromatic N) is 3. The summed E-state index contributed by atoms with van der Waals surface area (Å²) in [6.45, 7) is 2.72. The molecular formula is C20H18N4OS. The molecule has 6 heteroatoms. The second-order valence-corrected chi connectivity index (χ2v) is 7.01. The molecule has 0 saturated heterocycles. The largest absolute Gasteiger partial charge is 0.347 e. The lowest BCUT2D eigenvalue weighted by Crippen LogP contribution is -2.14. The summed E-state index contributed by atoms with van der Waals surface area (Å²) in [5, 5.41) is 6.62. The van der Waals surface area contributed by atoms with E-state index in [1.165, 1.54) is 22.3 Å². The van der Waals surface area contributed by atoms with E-state index < -0.39 is 0 Å². The molecule has 26 heavy (non-hydrogen) atoms. The van der Waals surface area contributed by atoms with E-state index in [4.69, 9.17) is 0 Å². The highest BCUT2D eigenvalue weighted by atomic mass is 32.1. The predicted molar refractivity (Wildman–Crippen MR) is 105 cm³/mol. The van der Waals surface area contributed by atoms with Crippen LogP contribution in [0.2, 0.25) is 0 Å². The lowest BCUT2D eigenvalue weighted by molar-refractivity contribution is -0.116. The van der Waals surface area contributed by atoms with Crippen LogP contribution in [0.4, 0.5) is 5.13 Å². The minimum absolute atomic E-state index is 0.0361. The zero-order valence-corrected chi connectivity index (χ0v) is 15.2. The molecule has 4 rings (SSSR count). The molecule has 0 radical (unpaired) electrons. The first-order chi connectivity index (χ1) is 12.7. The molecule has 0 spiro atoms. The van der Waals surface area contributed by atoms with Gasteiger partial charge in [-0.05, 0) is 42.6 Å². The van der Waals surface area contributed by atoms with E-state index in [0.29, 0.717) is 18.1 Å². The van der Waals surface area contributed by atoms with Gasteiger partial charge in [0.05, 0.1) is 5.69 Å². The van der Waals surface area contributed by atoms with Gasteiger partial charge < -0.3 is 9.88 Å². The van der Waals surface area contributed by atoms with Crippen molar-refractivity contribution in [3.05, 3.63) is 65.9 Å². The quantitative estimate of drug-likeness (QED) is 0.569. The summed E-state index contributed by atoms with van der Waals surface area (Å²) in [6.07, 6.45) is 5.92. The Balaban J connectivity index is 1.39. The first-order valence-electron chi connectivity index (χ1n) is 8.40. The Morgan fingerprint density at radius 3 is 3.04 bits per heavy atom. The Kier molecular flexibility index (Phi) is 4.50. The molecule has 1 aromatic carbocycles. The molecule has 3 aromatic heterocycles. The van der Waals surface area contributed by atoms with Gasteiger partial charge in [-0.3, -0.25) is 9.78 Å². The molecule has 4 aromatic rings. The van der Waals surface area contributed by atoms with Crippen LogP contribution in [0.3, 0.4) is 0 Å². The number of fused-ring (bicyclic) bond motifs is 1. The monoisotopic (exact) mass is 362 g/mol. The normalized spacial score (nSPS) is 11.0. The van der Waals surface area contributed by atoms with Gasteiger partial charge in [-0.25, -0.2) is 4.98 Å². The van der Waals surface area contributed by atoms with Gasteiger partial charge in [-0.15, -0.1) is 11.3 Å². The standard InChI is InChI=1S/C20H18N4OS/c1-14-4-5-18-15(11-14)6-9-24(18)10-7-19(25)23-20-22-17(13-26-20)16-3-2-8-21-12-16/h2-6,8-9,11-13H,7,10H2,1H3,(H,22,23,25). The van der Waals surface area contributed by atoms with Crippen LogP contribution in [0.25, 0.3) is 22.2 Å². The third-order valence-electron chi connectivity index (χ3n) is 4.21. The molecule has 5 nitrogen and oxygen atoms in total. The van der Waals surface area contributed by atoms with Gasteiger partial charge in [0, 0.05) is 48.0 Å². The molecule has 1 N–H and O–H groups in total. The van der Waals surface area contributed by atoms with Crippen LogP contribution in [-0.4, -0.2) is 20.4 Å². The summed E-state index contributed by atoms with van der Waals surface area (Å²) in [5.74, 6) is -0.0361. The van der Waals surface area contributed by atoms with E-state index >= 15 is 0 Å². The lowest BCUT2D eigenvalue weighted by atomic mass is 10.2. The van der Waals surface area contributed by atoms with Crippen molar-refractivity contribution in [2.75, 3.05) is 5.32 Å². The van der Waals surface area contributed by atoms with Crippen molar-refractivity contribution in [3.63, 3.8) is 0 Å².